The van der Waals surface area contributed by atoms with Crippen LogP contribution in [0.25, 0.3) is 0 Å². The van der Waals surface area contributed by atoms with E-state index in [-0.39, 0.29) is 11.7 Å². The van der Waals surface area contributed by atoms with Gasteiger partial charge in [-0.3, -0.25) is 9.59 Å². The lowest BCUT2D eigenvalue weighted by Gasteiger charge is -2.36. The molecule has 0 aliphatic heterocycles. The summed E-state index contributed by atoms with van der Waals surface area (Å²) >= 11 is 0. The highest BCUT2D eigenvalue weighted by molar-refractivity contribution is 6.03. The third-order valence-corrected chi connectivity index (χ3v) is 3.67. The van der Waals surface area contributed by atoms with Gasteiger partial charge in [-0.2, -0.15) is 0 Å². The number of carboxylic acids is 1. The number of hydrogen-bond donors (Lipinski definition) is 1. The van der Waals surface area contributed by atoms with Crippen LogP contribution < -0.4 is 0 Å². The zero-order valence-corrected chi connectivity index (χ0v) is 9.58. The number of hydrogen-bond acceptors (Lipinski definition) is 2. The maximum atomic E-state index is 11.9. The van der Waals surface area contributed by atoms with Crippen molar-refractivity contribution in [2.45, 2.75) is 52.4 Å². The Morgan fingerprint density at radius 3 is 2.67 bits per heavy atom. The van der Waals surface area contributed by atoms with Gasteiger partial charge >= 0.3 is 5.97 Å². The van der Waals surface area contributed by atoms with Crippen LogP contribution in [-0.4, -0.2) is 16.9 Å². The molecule has 0 aromatic rings. The van der Waals surface area contributed by atoms with Gasteiger partial charge in [-0.1, -0.05) is 26.7 Å². The molecular formula is C12H20O3. The SMILES string of the molecule is CCCC(C)C1(C(=O)O)CCCCC1=O. The maximum Gasteiger partial charge on any atom is 0.317 e. The minimum absolute atomic E-state index is 0.0344. The van der Waals surface area contributed by atoms with E-state index >= 15 is 0 Å². The summed E-state index contributed by atoms with van der Waals surface area (Å²) in [4.78, 5) is 23.3. The predicted octanol–water partition coefficient (Wildman–Crippen LogP) is 2.64. The average Bonchev–Trinajstić information content (AvgIpc) is 2.18. The second kappa shape index (κ2) is 4.77. The molecule has 1 N–H and O–H groups in total. The quantitative estimate of drug-likeness (QED) is 0.729. The molecular weight excluding hydrogens is 192 g/mol. The lowest BCUT2D eigenvalue weighted by Crippen LogP contribution is -2.46. The molecule has 0 aromatic heterocycles. The van der Waals surface area contributed by atoms with Gasteiger partial charge in [0.15, 0.2) is 0 Å². The first-order chi connectivity index (χ1) is 7.05. The zero-order chi connectivity index (χ0) is 11.5. The predicted molar refractivity (Wildman–Crippen MR) is 57.6 cm³/mol. The summed E-state index contributed by atoms with van der Waals surface area (Å²) in [5, 5.41) is 9.34. The van der Waals surface area contributed by atoms with Crippen molar-refractivity contribution < 1.29 is 14.7 Å². The topological polar surface area (TPSA) is 54.4 Å². The van der Waals surface area contributed by atoms with Crippen LogP contribution in [0.1, 0.15) is 52.4 Å². The summed E-state index contributed by atoms with van der Waals surface area (Å²) in [5.74, 6) is -0.997. The highest BCUT2D eigenvalue weighted by atomic mass is 16.4. The van der Waals surface area contributed by atoms with Gasteiger partial charge in [-0.15, -0.1) is 0 Å². The summed E-state index contributed by atoms with van der Waals surface area (Å²) < 4.78 is 0. The Hall–Kier alpha value is -0.860. The first-order valence-electron chi connectivity index (χ1n) is 5.82. The Labute approximate surface area is 90.9 Å². The van der Waals surface area contributed by atoms with Crippen molar-refractivity contribution in [2.75, 3.05) is 0 Å². The lowest BCUT2D eigenvalue weighted by molar-refractivity contribution is -0.161. The smallest absolute Gasteiger partial charge is 0.317 e. The third-order valence-electron chi connectivity index (χ3n) is 3.67. The Kier molecular flexibility index (Phi) is 3.89. The van der Waals surface area contributed by atoms with E-state index < -0.39 is 11.4 Å². The molecule has 15 heavy (non-hydrogen) atoms. The molecule has 0 spiro atoms. The van der Waals surface area contributed by atoms with Crippen LogP contribution in [0.15, 0.2) is 0 Å². The molecule has 0 saturated heterocycles. The fraction of sp³-hybridized carbons (Fsp3) is 0.833. The molecule has 0 bridgehead atoms. The summed E-state index contributed by atoms with van der Waals surface area (Å²) in [6.45, 7) is 3.93. The van der Waals surface area contributed by atoms with E-state index in [1.54, 1.807) is 0 Å². The number of ketones is 1. The van der Waals surface area contributed by atoms with Crippen LogP contribution in [-0.2, 0) is 9.59 Å². The van der Waals surface area contributed by atoms with E-state index in [0.717, 1.165) is 25.7 Å². The van der Waals surface area contributed by atoms with Crippen molar-refractivity contribution in [3.8, 4) is 0 Å². The molecule has 2 unspecified atom stereocenters. The minimum Gasteiger partial charge on any atom is -0.480 e. The van der Waals surface area contributed by atoms with E-state index in [1.807, 2.05) is 13.8 Å². The van der Waals surface area contributed by atoms with Crippen molar-refractivity contribution in [1.29, 1.82) is 0 Å². The van der Waals surface area contributed by atoms with Gasteiger partial charge in [-0.25, -0.2) is 0 Å². The Balaban J connectivity index is 2.95. The fourth-order valence-electron chi connectivity index (χ4n) is 2.69. The second-order valence-corrected chi connectivity index (χ2v) is 4.60. The van der Waals surface area contributed by atoms with Crippen molar-refractivity contribution >= 4 is 11.8 Å². The van der Waals surface area contributed by atoms with Crippen LogP contribution in [0.3, 0.4) is 0 Å². The van der Waals surface area contributed by atoms with Crippen molar-refractivity contribution in [3.05, 3.63) is 0 Å². The number of carbonyl (C=O) groups excluding carboxylic acids is 1. The van der Waals surface area contributed by atoms with E-state index in [9.17, 15) is 14.7 Å². The number of carbonyl (C=O) groups is 2. The molecule has 0 aromatic carbocycles. The molecule has 1 rings (SSSR count). The summed E-state index contributed by atoms with van der Waals surface area (Å²) in [7, 11) is 0. The largest absolute Gasteiger partial charge is 0.480 e. The summed E-state index contributed by atoms with van der Waals surface area (Å²) in [6.07, 6.45) is 4.45. The maximum absolute atomic E-state index is 11.9. The molecule has 86 valence electrons. The molecule has 1 fully saturated rings. The minimum atomic E-state index is -1.08. The van der Waals surface area contributed by atoms with Gasteiger partial charge in [0.2, 0.25) is 0 Å². The van der Waals surface area contributed by atoms with Gasteiger partial charge in [0.1, 0.15) is 11.2 Å². The van der Waals surface area contributed by atoms with Gasteiger partial charge in [0, 0.05) is 6.42 Å². The van der Waals surface area contributed by atoms with Gasteiger partial charge in [0.05, 0.1) is 0 Å². The highest BCUT2D eigenvalue weighted by Gasteiger charge is 2.50. The van der Waals surface area contributed by atoms with E-state index in [0.29, 0.717) is 12.8 Å². The molecule has 0 radical (unpaired) electrons. The first kappa shape index (κ1) is 12.2. The molecule has 0 heterocycles. The Morgan fingerprint density at radius 2 is 2.20 bits per heavy atom. The number of aliphatic carboxylic acids is 1. The number of carboxylic acid groups (broad SMARTS) is 1. The molecule has 2 atom stereocenters. The molecule has 1 aliphatic carbocycles. The van der Waals surface area contributed by atoms with Crippen molar-refractivity contribution in [3.63, 3.8) is 0 Å². The second-order valence-electron chi connectivity index (χ2n) is 4.60. The van der Waals surface area contributed by atoms with Crippen molar-refractivity contribution in [1.82, 2.24) is 0 Å². The normalized spacial score (nSPS) is 28.8. The van der Waals surface area contributed by atoms with E-state index in [2.05, 4.69) is 0 Å². The Bertz CT molecular complexity index is 260. The summed E-state index contributed by atoms with van der Waals surface area (Å²) in [6, 6.07) is 0. The summed E-state index contributed by atoms with van der Waals surface area (Å²) in [5.41, 5.74) is -1.08. The van der Waals surface area contributed by atoms with Crippen LogP contribution >= 0.6 is 0 Å². The van der Waals surface area contributed by atoms with Crippen LogP contribution in [0.4, 0.5) is 0 Å². The third kappa shape index (κ3) is 2.06. The highest BCUT2D eigenvalue weighted by Crippen LogP contribution is 2.42. The van der Waals surface area contributed by atoms with Crippen molar-refractivity contribution in [2.24, 2.45) is 11.3 Å². The molecule has 3 nitrogen and oxygen atoms in total. The molecule has 0 amide bonds. The van der Waals surface area contributed by atoms with Crippen LogP contribution in [0.2, 0.25) is 0 Å². The number of Topliss-reactive ketones (excluding diaryl/α,β-unsaturated/α-hetero) is 1. The van der Waals surface area contributed by atoms with Gasteiger partial charge < -0.3 is 5.11 Å². The molecule has 1 saturated carbocycles. The zero-order valence-electron chi connectivity index (χ0n) is 9.58. The standard InChI is InChI=1S/C12H20O3/c1-3-6-9(2)12(11(14)15)8-5-4-7-10(12)13/h9H,3-8H2,1-2H3,(H,14,15). The first-order valence-corrected chi connectivity index (χ1v) is 5.82. The van der Waals surface area contributed by atoms with Gasteiger partial charge in [0.25, 0.3) is 0 Å². The average molecular weight is 212 g/mol. The van der Waals surface area contributed by atoms with Gasteiger partial charge in [-0.05, 0) is 25.2 Å². The van der Waals surface area contributed by atoms with Crippen LogP contribution in [0.5, 0.6) is 0 Å². The van der Waals surface area contributed by atoms with Crippen LogP contribution in [0, 0.1) is 11.3 Å². The fourth-order valence-corrected chi connectivity index (χ4v) is 2.69. The lowest BCUT2D eigenvalue weighted by atomic mass is 9.64. The molecule has 3 heteroatoms. The number of rotatable bonds is 4. The molecule has 1 aliphatic rings. The van der Waals surface area contributed by atoms with E-state index in [4.69, 9.17) is 0 Å². The monoisotopic (exact) mass is 212 g/mol. The Morgan fingerprint density at radius 1 is 1.53 bits per heavy atom. The van der Waals surface area contributed by atoms with E-state index in [1.165, 1.54) is 0 Å².